The third kappa shape index (κ3) is 5.23. The molecule has 0 aromatic heterocycles. The van der Waals surface area contributed by atoms with E-state index in [-0.39, 0.29) is 17.5 Å². The normalized spacial score (nSPS) is 12.8. The molecule has 0 spiro atoms. The number of aryl methyl sites for hydroxylation is 1. The van der Waals surface area contributed by atoms with Gasteiger partial charge in [-0.05, 0) is 66.6 Å². The Bertz CT molecular complexity index is 1210. The zero-order chi connectivity index (χ0) is 22.5. The molecule has 3 aromatic rings. The predicted octanol–water partition coefficient (Wildman–Crippen LogP) is 6.07. The second kappa shape index (κ2) is 9.78. The van der Waals surface area contributed by atoms with Gasteiger partial charge in [0.05, 0.1) is 35.0 Å². The lowest BCUT2D eigenvalue weighted by Crippen LogP contribution is -2.17. The smallest absolute Gasteiger partial charge is 0.234 e. The summed E-state index contributed by atoms with van der Waals surface area (Å²) in [6.07, 6.45) is 0.498. The van der Waals surface area contributed by atoms with Crippen LogP contribution in [-0.2, 0) is 4.79 Å². The third-order valence-corrected chi connectivity index (χ3v) is 5.94. The number of fused-ring (bicyclic) bond motifs is 1. The van der Waals surface area contributed by atoms with Crippen LogP contribution < -0.4 is 10.1 Å². The highest BCUT2D eigenvalue weighted by molar-refractivity contribution is 8.14. The van der Waals surface area contributed by atoms with Gasteiger partial charge in [0.2, 0.25) is 5.91 Å². The molecule has 162 valence electrons. The summed E-state index contributed by atoms with van der Waals surface area (Å²) in [7, 11) is 1.63. The van der Waals surface area contributed by atoms with Crippen molar-refractivity contribution in [1.29, 1.82) is 0 Å². The van der Waals surface area contributed by atoms with E-state index >= 15 is 0 Å². The molecule has 0 saturated heterocycles. The highest BCUT2D eigenvalue weighted by Gasteiger charge is 2.17. The standard InChI is InChI=1S/C25H22FN3O2S/c1-16-7-10-18(26)13-22(16)28-24(30)15-32-25-14-23(17-8-11-19(31-2)12-9-17)27-20-5-3-4-6-21(20)29-25/h3-13H,14-15H2,1-2H3,(H,28,30). The van der Waals surface area contributed by atoms with Gasteiger partial charge in [-0.3, -0.25) is 9.79 Å². The molecule has 1 amide bonds. The Morgan fingerprint density at radius 1 is 1.06 bits per heavy atom. The van der Waals surface area contributed by atoms with Gasteiger partial charge in [-0.2, -0.15) is 0 Å². The van der Waals surface area contributed by atoms with Crippen molar-refractivity contribution in [3.8, 4) is 5.75 Å². The van der Waals surface area contributed by atoms with Crippen molar-refractivity contribution in [2.45, 2.75) is 13.3 Å². The van der Waals surface area contributed by atoms with E-state index < -0.39 is 0 Å². The fourth-order valence-electron chi connectivity index (χ4n) is 3.25. The van der Waals surface area contributed by atoms with Crippen molar-refractivity contribution in [1.82, 2.24) is 0 Å². The average Bonchev–Trinajstić information content (AvgIpc) is 2.99. The largest absolute Gasteiger partial charge is 0.497 e. The Hall–Kier alpha value is -3.45. The zero-order valence-electron chi connectivity index (χ0n) is 17.8. The van der Waals surface area contributed by atoms with Crippen molar-refractivity contribution < 1.29 is 13.9 Å². The van der Waals surface area contributed by atoms with E-state index in [9.17, 15) is 9.18 Å². The molecule has 0 atom stereocenters. The van der Waals surface area contributed by atoms with E-state index in [0.29, 0.717) is 12.1 Å². The number of carbonyl (C=O) groups is 1. The molecule has 0 radical (unpaired) electrons. The van der Waals surface area contributed by atoms with Gasteiger partial charge < -0.3 is 10.1 Å². The van der Waals surface area contributed by atoms with Gasteiger partial charge in [0.25, 0.3) is 0 Å². The number of rotatable bonds is 5. The molecule has 32 heavy (non-hydrogen) atoms. The number of halogens is 1. The minimum atomic E-state index is -0.386. The third-order valence-electron chi connectivity index (χ3n) is 4.97. The number of nitrogens with one attached hydrogen (secondary N) is 1. The molecule has 4 rings (SSSR count). The van der Waals surface area contributed by atoms with Gasteiger partial charge in [0, 0.05) is 12.1 Å². The number of anilines is 1. The van der Waals surface area contributed by atoms with Crippen LogP contribution >= 0.6 is 11.8 Å². The maximum atomic E-state index is 13.5. The summed E-state index contributed by atoms with van der Waals surface area (Å²) >= 11 is 1.36. The summed E-state index contributed by atoms with van der Waals surface area (Å²) in [5.41, 5.74) is 4.66. The number of hydrogen-bond donors (Lipinski definition) is 1. The maximum Gasteiger partial charge on any atom is 0.234 e. The molecule has 0 bridgehead atoms. The second-order valence-corrected chi connectivity index (χ2v) is 8.30. The topological polar surface area (TPSA) is 63.1 Å². The molecule has 0 fully saturated rings. The highest BCUT2D eigenvalue weighted by Crippen LogP contribution is 2.33. The Morgan fingerprint density at radius 3 is 2.50 bits per heavy atom. The first-order valence-electron chi connectivity index (χ1n) is 10.1. The van der Waals surface area contributed by atoms with Crippen LogP contribution in [0.4, 0.5) is 21.5 Å². The highest BCUT2D eigenvalue weighted by atomic mass is 32.2. The number of ether oxygens (including phenoxy) is 1. The maximum absolute atomic E-state index is 13.5. The van der Waals surface area contributed by atoms with Crippen molar-refractivity contribution in [3.05, 3.63) is 83.7 Å². The Balaban J connectivity index is 1.53. The van der Waals surface area contributed by atoms with E-state index in [1.54, 1.807) is 13.2 Å². The second-order valence-electron chi connectivity index (χ2n) is 7.25. The molecule has 0 aliphatic carbocycles. The number of nitrogens with zero attached hydrogens (tertiary/aromatic N) is 2. The number of aliphatic imine (C=N–C) groups is 2. The molecular formula is C25H22FN3O2S. The minimum Gasteiger partial charge on any atom is -0.497 e. The van der Waals surface area contributed by atoms with Gasteiger partial charge in [-0.15, -0.1) is 11.8 Å². The quantitative estimate of drug-likeness (QED) is 0.516. The molecule has 7 heteroatoms. The van der Waals surface area contributed by atoms with Crippen LogP contribution in [0, 0.1) is 12.7 Å². The number of methoxy groups -OCH3 is 1. The molecule has 1 heterocycles. The van der Waals surface area contributed by atoms with Crippen molar-refractivity contribution in [3.63, 3.8) is 0 Å². The lowest BCUT2D eigenvalue weighted by atomic mass is 10.1. The average molecular weight is 448 g/mol. The van der Waals surface area contributed by atoms with Gasteiger partial charge in [-0.1, -0.05) is 18.2 Å². The lowest BCUT2D eigenvalue weighted by molar-refractivity contribution is -0.113. The molecule has 1 aliphatic heterocycles. The van der Waals surface area contributed by atoms with Crippen molar-refractivity contribution >= 4 is 45.5 Å². The van der Waals surface area contributed by atoms with E-state index in [1.807, 2.05) is 55.5 Å². The van der Waals surface area contributed by atoms with E-state index in [0.717, 1.165) is 39.0 Å². The summed E-state index contributed by atoms with van der Waals surface area (Å²) in [6, 6.07) is 19.7. The van der Waals surface area contributed by atoms with Crippen LogP contribution in [0.2, 0.25) is 0 Å². The summed E-state index contributed by atoms with van der Waals surface area (Å²) in [5, 5.41) is 3.57. The lowest BCUT2D eigenvalue weighted by Gasteiger charge is -2.10. The predicted molar refractivity (Wildman–Crippen MR) is 130 cm³/mol. The zero-order valence-corrected chi connectivity index (χ0v) is 18.6. The van der Waals surface area contributed by atoms with E-state index in [1.165, 1.54) is 23.9 Å². The summed E-state index contributed by atoms with van der Waals surface area (Å²) in [5.74, 6) is 0.332. The molecule has 1 N–H and O–H groups in total. The van der Waals surface area contributed by atoms with Crippen molar-refractivity contribution in [2.75, 3.05) is 18.2 Å². The first kappa shape index (κ1) is 21.8. The Labute approximate surface area is 190 Å². The van der Waals surface area contributed by atoms with E-state index in [2.05, 4.69) is 5.32 Å². The van der Waals surface area contributed by atoms with Gasteiger partial charge >= 0.3 is 0 Å². The number of hydrogen-bond acceptors (Lipinski definition) is 5. The van der Waals surface area contributed by atoms with Crippen LogP contribution in [0.25, 0.3) is 0 Å². The van der Waals surface area contributed by atoms with Crippen LogP contribution in [0.1, 0.15) is 17.5 Å². The Kier molecular flexibility index (Phi) is 6.66. The molecule has 1 aliphatic rings. The van der Waals surface area contributed by atoms with Gasteiger partial charge in [-0.25, -0.2) is 9.38 Å². The summed E-state index contributed by atoms with van der Waals surface area (Å²) in [6.45, 7) is 1.83. The monoisotopic (exact) mass is 447 g/mol. The summed E-state index contributed by atoms with van der Waals surface area (Å²) < 4.78 is 18.8. The number of thioether (sulfide) groups is 1. The number of para-hydroxylation sites is 2. The van der Waals surface area contributed by atoms with Crippen molar-refractivity contribution in [2.24, 2.45) is 9.98 Å². The SMILES string of the molecule is COc1ccc(C2=Nc3ccccc3N=C(SCC(=O)Nc3cc(F)ccc3C)C2)cc1. The molecular weight excluding hydrogens is 425 g/mol. The number of amides is 1. The number of carbonyl (C=O) groups excluding carboxylic acids is 1. The minimum absolute atomic E-state index is 0.160. The van der Waals surface area contributed by atoms with Crippen LogP contribution in [-0.4, -0.2) is 29.5 Å². The van der Waals surface area contributed by atoms with E-state index in [4.69, 9.17) is 14.7 Å². The van der Waals surface area contributed by atoms with Crippen LogP contribution in [0.15, 0.2) is 76.7 Å². The Morgan fingerprint density at radius 2 is 1.78 bits per heavy atom. The molecule has 0 unspecified atom stereocenters. The first-order valence-corrected chi connectivity index (χ1v) is 11.1. The van der Waals surface area contributed by atoms with Crippen LogP contribution in [0.3, 0.4) is 0 Å². The number of benzene rings is 3. The summed E-state index contributed by atoms with van der Waals surface area (Å²) in [4.78, 5) is 22.1. The molecule has 5 nitrogen and oxygen atoms in total. The first-order chi connectivity index (χ1) is 15.5. The molecule has 3 aromatic carbocycles. The fourth-order valence-corrected chi connectivity index (χ4v) is 4.02. The molecule has 0 saturated carbocycles. The van der Waals surface area contributed by atoms with Gasteiger partial charge in [0.15, 0.2) is 0 Å². The fraction of sp³-hybridized carbons (Fsp3) is 0.160. The van der Waals surface area contributed by atoms with Gasteiger partial charge in [0.1, 0.15) is 11.6 Å². The van der Waals surface area contributed by atoms with Crippen LogP contribution in [0.5, 0.6) is 5.75 Å².